The van der Waals surface area contributed by atoms with Gasteiger partial charge >= 0.3 is 0 Å². The normalized spacial score (nSPS) is 17.2. The maximum Gasteiger partial charge on any atom is 0.261 e. The standard InChI is InChI=1S/C15H12N2OS/c1-9-8-10-6-7-19-13(10)14-16-12-5-3-2-4-11(12)15(18)17(9)14/h2-7,9H,8H2,1H3. The van der Waals surface area contributed by atoms with Gasteiger partial charge in [-0.3, -0.25) is 9.36 Å². The van der Waals surface area contributed by atoms with Gasteiger partial charge in [0.25, 0.3) is 5.56 Å². The van der Waals surface area contributed by atoms with Gasteiger partial charge in [-0.25, -0.2) is 4.98 Å². The van der Waals surface area contributed by atoms with Crippen LogP contribution in [-0.4, -0.2) is 9.55 Å². The van der Waals surface area contributed by atoms with Gasteiger partial charge in [0, 0.05) is 6.04 Å². The summed E-state index contributed by atoms with van der Waals surface area (Å²) in [5.74, 6) is 0.826. The minimum atomic E-state index is 0.0761. The quantitative estimate of drug-likeness (QED) is 0.627. The Bertz CT molecular complexity index is 847. The Labute approximate surface area is 114 Å². The lowest BCUT2D eigenvalue weighted by atomic mass is 10.0. The zero-order chi connectivity index (χ0) is 13.0. The molecule has 0 radical (unpaired) electrons. The molecular formula is C15H12N2OS. The molecule has 4 rings (SSSR count). The Morgan fingerprint density at radius 2 is 2.16 bits per heavy atom. The topological polar surface area (TPSA) is 34.9 Å². The molecule has 0 spiro atoms. The van der Waals surface area contributed by atoms with Crippen molar-refractivity contribution in [3.63, 3.8) is 0 Å². The second-order valence-corrected chi connectivity index (χ2v) is 5.87. The number of hydrogen-bond acceptors (Lipinski definition) is 3. The second kappa shape index (κ2) is 3.78. The third-order valence-electron chi connectivity index (χ3n) is 3.71. The number of thiophene rings is 1. The van der Waals surface area contributed by atoms with Crippen LogP contribution < -0.4 is 5.56 Å². The average Bonchev–Trinajstić information content (AvgIpc) is 2.87. The van der Waals surface area contributed by atoms with E-state index in [0.29, 0.717) is 5.39 Å². The summed E-state index contributed by atoms with van der Waals surface area (Å²) in [5, 5.41) is 2.78. The molecule has 0 bridgehead atoms. The molecule has 4 heteroatoms. The molecule has 3 heterocycles. The number of rotatable bonds is 0. The highest BCUT2D eigenvalue weighted by Crippen LogP contribution is 2.36. The van der Waals surface area contributed by atoms with Crippen molar-refractivity contribution in [1.82, 2.24) is 9.55 Å². The SMILES string of the molecule is CC1Cc2ccsc2-c2nc3ccccc3c(=O)n21. The van der Waals surface area contributed by atoms with E-state index in [1.165, 1.54) is 5.56 Å². The smallest absolute Gasteiger partial charge is 0.261 e. The van der Waals surface area contributed by atoms with Gasteiger partial charge in [-0.1, -0.05) is 12.1 Å². The third-order valence-corrected chi connectivity index (χ3v) is 4.67. The van der Waals surface area contributed by atoms with Gasteiger partial charge in [-0.15, -0.1) is 11.3 Å². The summed E-state index contributed by atoms with van der Waals surface area (Å²) in [4.78, 5) is 18.5. The maximum atomic E-state index is 12.6. The lowest BCUT2D eigenvalue weighted by molar-refractivity contribution is 0.519. The van der Waals surface area contributed by atoms with Gasteiger partial charge in [-0.2, -0.15) is 0 Å². The van der Waals surface area contributed by atoms with Crippen LogP contribution in [0, 0.1) is 0 Å². The van der Waals surface area contributed by atoms with Gasteiger partial charge in [0.05, 0.1) is 15.8 Å². The van der Waals surface area contributed by atoms with Crippen LogP contribution in [0.25, 0.3) is 21.6 Å². The Kier molecular flexibility index (Phi) is 2.17. The molecule has 94 valence electrons. The highest BCUT2D eigenvalue weighted by molar-refractivity contribution is 7.13. The van der Waals surface area contributed by atoms with Crippen molar-refractivity contribution in [2.75, 3.05) is 0 Å². The van der Waals surface area contributed by atoms with Crippen LogP contribution in [0.2, 0.25) is 0 Å². The summed E-state index contributed by atoms with van der Waals surface area (Å²) in [7, 11) is 0. The Balaban J connectivity index is 2.18. The van der Waals surface area contributed by atoms with E-state index in [9.17, 15) is 4.79 Å². The van der Waals surface area contributed by atoms with E-state index in [4.69, 9.17) is 4.98 Å². The lowest BCUT2D eigenvalue weighted by Crippen LogP contribution is -2.29. The Hall–Kier alpha value is -1.94. The van der Waals surface area contributed by atoms with Crippen LogP contribution in [0.15, 0.2) is 40.5 Å². The molecule has 0 aliphatic carbocycles. The molecule has 0 saturated heterocycles. The van der Waals surface area contributed by atoms with Crippen molar-refractivity contribution in [2.24, 2.45) is 0 Å². The fourth-order valence-electron chi connectivity index (χ4n) is 2.82. The van der Waals surface area contributed by atoms with Crippen molar-refractivity contribution in [2.45, 2.75) is 19.4 Å². The summed E-state index contributed by atoms with van der Waals surface area (Å²) in [6, 6.07) is 9.89. The number of fused-ring (bicyclic) bond motifs is 4. The van der Waals surface area contributed by atoms with Crippen LogP contribution in [0.4, 0.5) is 0 Å². The fraction of sp³-hybridized carbons (Fsp3) is 0.200. The Morgan fingerprint density at radius 3 is 3.05 bits per heavy atom. The number of aromatic nitrogens is 2. The predicted molar refractivity (Wildman–Crippen MR) is 77.7 cm³/mol. The molecular weight excluding hydrogens is 256 g/mol. The van der Waals surface area contributed by atoms with Crippen molar-refractivity contribution in [3.05, 3.63) is 51.6 Å². The van der Waals surface area contributed by atoms with E-state index >= 15 is 0 Å². The van der Waals surface area contributed by atoms with Gasteiger partial charge in [0.1, 0.15) is 0 Å². The fourth-order valence-corrected chi connectivity index (χ4v) is 3.74. The molecule has 1 atom stereocenters. The number of nitrogens with zero attached hydrogens (tertiary/aromatic N) is 2. The third kappa shape index (κ3) is 1.43. The summed E-state index contributed by atoms with van der Waals surface area (Å²) in [6.45, 7) is 2.09. The summed E-state index contributed by atoms with van der Waals surface area (Å²) in [5.41, 5.74) is 2.17. The largest absolute Gasteiger partial charge is 0.288 e. The molecule has 2 aromatic heterocycles. The van der Waals surface area contributed by atoms with E-state index in [2.05, 4.69) is 18.4 Å². The van der Waals surface area contributed by atoms with Gasteiger partial charge in [0.2, 0.25) is 0 Å². The average molecular weight is 268 g/mol. The van der Waals surface area contributed by atoms with E-state index in [1.54, 1.807) is 11.3 Å². The van der Waals surface area contributed by atoms with Crippen molar-refractivity contribution in [3.8, 4) is 10.7 Å². The molecule has 0 fully saturated rings. The van der Waals surface area contributed by atoms with Gasteiger partial charge in [0.15, 0.2) is 5.82 Å². The highest BCUT2D eigenvalue weighted by Gasteiger charge is 2.25. The number of benzene rings is 1. The maximum absolute atomic E-state index is 12.6. The molecule has 1 aromatic carbocycles. The lowest BCUT2D eigenvalue weighted by Gasteiger charge is -2.24. The first-order valence-corrected chi connectivity index (χ1v) is 7.21. The number of para-hydroxylation sites is 1. The summed E-state index contributed by atoms with van der Waals surface area (Å²) in [6.07, 6.45) is 0.908. The molecule has 3 aromatic rings. The minimum absolute atomic E-state index is 0.0761. The minimum Gasteiger partial charge on any atom is -0.288 e. The van der Waals surface area contributed by atoms with Crippen LogP contribution in [0.5, 0.6) is 0 Å². The zero-order valence-electron chi connectivity index (χ0n) is 10.5. The van der Waals surface area contributed by atoms with Crippen LogP contribution >= 0.6 is 11.3 Å². The molecule has 0 amide bonds. The monoisotopic (exact) mass is 268 g/mol. The zero-order valence-corrected chi connectivity index (χ0v) is 11.3. The molecule has 1 aliphatic heterocycles. The predicted octanol–water partition coefficient (Wildman–Crippen LogP) is 3.24. The second-order valence-electron chi connectivity index (χ2n) is 4.96. The highest BCUT2D eigenvalue weighted by atomic mass is 32.1. The molecule has 1 unspecified atom stereocenters. The molecule has 1 aliphatic rings. The van der Waals surface area contributed by atoms with Crippen molar-refractivity contribution < 1.29 is 0 Å². The van der Waals surface area contributed by atoms with Crippen molar-refractivity contribution >= 4 is 22.2 Å². The van der Waals surface area contributed by atoms with E-state index in [-0.39, 0.29) is 11.6 Å². The van der Waals surface area contributed by atoms with Crippen LogP contribution in [0.1, 0.15) is 18.5 Å². The van der Waals surface area contributed by atoms with Gasteiger partial charge < -0.3 is 0 Å². The van der Waals surface area contributed by atoms with E-state index < -0.39 is 0 Å². The van der Waals surface area contributed by atoms with Crippen LogP contribution in [0.3, 0.4) is 0 Å². The first kappa shape index (κ1) is 10.9. The van der Waals surface area contributed by atoms with Gasteiger partial charge in [-0.05, 0) is 42.5 Å². The summed E-state index contributed by atoms with van der Waals surface area (Å²) >= 11 is 1.67. The summed E-state index contributed by atoms with van der Waals surface area (Å²) < 4.78 is 1.85. The van der Waals surface area contributed by atoms with E-state index in [0.717, 1.165) is 22.6 Å². The molecule has 0 saturated carbocycles. The van der Waals surface area contributed by atoms with E-state index in [1.807, 2.05) is 28.8 Å². The molecule has 19 heavy (non-hydrogen) atoms. The number of hydrogen-bond donors (Lipinski definition) is 0. The Morgan fingerprint density at radius 1 is 1.32 bits per heavy atom. The molecule has 3 nitrogen and oxygen atoms in total. The first-order valence-electron chi connectivity index (χ1n) is 6.34. The van der Waals surface area contributed by atoms with Crippen molar-refractivity contribution in [1.29, 1.82) is 0 Å². The first-order chi connectivity index (χ1) is 9.25. The van der Waals surface area contributed by atoms with Crippen LogP contribution in [-0.2, 0) is 6.42 Å². The molecule has 0 N–H and O–H groups in total.